The number of nitrogens with zero attached hydrogens (tertiary/aromatic N) is 2. The van der Waals surface area contributed by atoms with Gasteiger partial charge < -0.3 is 15.0 Å². The maximum Gasteiger partial charge on any atom is 0.272 e. The summed E-state index contributed by atoms with van der Waals surface area (Å²) in [5.41, 5.74) is 3.36. The van der Waals surface area contributed by atoms with Crippen LogP contribution in [0.15, 0.2) is 42.5 Å². The summed E-state index contributed by atoms with van der Waals surface area (Å²) < 4.78 is 19.5. The number of carbonyl (C=O) groups is 1. The first kappa shape index (κ1) is 20.1. The van der Waals surface area contributed by atoms with E-state index in [9.17, 15) is 9.18 Å². The van der Waals surface area contributed by atoms with Crippen molar-refractivity contribution >= 4 is 28.2 Å². The number of benzene rings is 2. The molecular weight excluding hydrogens is 381 g/mol. The van der Waals surface area contributed by atoms with Gasteiger partial charge in [-0.25, -0.2) is 9.37 Å². The number of rotatable bonds is 4. The molecule has 1 saturated heterocycles. The van der Waals surface area contributed by atoms with Gasteiger partial charge in [-0.1, -0.05) is 13.0 Å². The molecule has 6 heteroatoms. The molecule has 2 heterocycles. The summed E-state index contributed by atoms with van der Waals surface area (Å²) in [4.78, 5) is 19.5. The number of amides is 1. The van der Waals surface area contributed by atoms with Gasteiger partial charge in [0.1, 0.15) is 17.3 Å². The predicted molar refractivity (Wildman–Crippen MR) is 117 cm³/mol. The monoisotopic (exact) mass is 407 g/mol. The van der Waals surface area contributed by atoms with Crippen LogP contribution >= 0.6 is 0 Å². The highest BCUT2D eigenvalue weighted by atomic mass is 19.1. The van der Waals surface area contributed by atoms with E-state index in [1.54, 1.807) is 19.2 Å². The molecule has 1 fully saturated rings. The molecular formula is C24H26FN3O2. The SMILES string of the molecule is COc1ccc(C)cc1Nc1cc(C(=O)N2CCC(C)CC2)nc2ccc(F)cc12. The van der Waals surface area contributed by atoms with Gasteiger partial charge in [-0.15, -0.1) is 0 Å². The fraction of sp³-hybridized carbons (Fsp3) is 0.333. The molecule has 0 radical (unpaired) electrons. The van der Waals surface area contributed by atoms with Crippen molar-refractivity contribution in [3.8, 4) is 5.75 Å². The van der Waals surface area contributed by atoms with Crippen molar-refractivity contribution in [2.45, 2.75) is 26.7 Å². The quantitative estimate of drug-likeness (QED) is 0.637. The third kappa shape index (κ3) is 4.08. The molecule has 4 rings (SSSR count). The second-order valence-electron chi connectivity index (χ2n) is 8.02. The normalized spacial score (nSPS) is 14.7. The highest BCUT2D eigenvalue weighted by molar-refractivity contribution is 6.01. The van der Waals surface area contributed by atoms with Gasteiger partial charge in [0.15, 0.2) is 0 Å². The number of fused-ring (bicyclic) bond motifs is 1. The molecule has 1 aliphatic heterocycles. The highest BCUT2D eigenvalue weighted by Gasteiger charge is 2.23. The average Bonchev–Trinajstić information content (AvgIpc) is 2.74. The summed E-state index contributed by atoms with van der Waals surface area (Å²) >= 11 is 0. The molecule has 0 unspecified atom stereocenters. The average molecular weight is 407 g/mol. The molecule has 2 aromatic carbocycles. The number of aromatic nitrogens is 1. The van der Waals surface area contributed by atoms with E-state index in [2.05, 4.69) is 17.2 Å². The third-order valence-electron chi connectivity index (χ3n) is 5.69. The van der Waals surface area contributed by atoms with Gasteiger partial charge in [-0.05, 0) is 67.6 Å². The van der Waals surface area contributed by atoms with Gasteiger partial charge in [0.05, 0.1) is 24.0 Å². The third-order valence-corrected chi connectivity index (χ3v) is 5.69. The van der Waals surface area contributed by atoms with Crippen LogP contribution in [0.5, 0.6) is 5.75 Å². The Labute approximate surface area is 175 Å². The number of anilines is 2. The van der Waals surface area contributed by atoms with Crippen LogP contribution in [-0.2, 0) is 0 Å². The first-order chi connectivity index (χ1) is 14.4. The Bertz CT molecular complexity index is 1090. The van der Waals surface area contributed by atoms with Gasteiger partial charge in [0.2, 0.25) is 0 Å². The topological polar surface area (TPSA) is 54.5 Å². The lowest BCUT2D eigenvalue weighted by atomic mass is 9.99. The summed E-state index contributed by atoms with van der Waals surface area (Å²) in [5, 5.41) is 3.95. The van der Waals surface area contributed by atoms with Crippen LogP contribution in [0.3, 0.4) is 0 Å². The molecule has 156 valence electrons. The Morgan fingerprint density at radius 3 is 2.63 bits per heavy atom. The van der Waals surface area contributed by atoms with E-state index in [1.807, 2.05) is 30.0 Å². The molecule has 5 nitrogen and oxygen atoms in total. The summed E-state index contributed by atoms with van der Waals surface area (Å²) in [6.07, 6.45) is 1.99. The standard InChI is InChI=1S/C24H26FN3O2/c1-15-8-10-28(11-9-15)24(29)22-14-20(18-13-17(25)5-6-19(18)26-22)27-21-12-16(2)4-7-23(21)30-3/h4-7,12-15H,8-11H2,1-3H3,(H,26,27). The molecule has 0 saturated carbocycles. The van der Waals surface area contributed by atoms with Crippen molar-refractivity contribution in [2.24, 2.45) is 5.92 Å². The first-order valence-electron chi connectivity index (χ1n) is 10.3. The number of nitrogens with one attached hydrogen (secondary N) is 1. The minimum absolute atomic E-state index is 0.0904. The summed E-state index contributed by atoms with van der Waals surface area (Å²) in [6, 6.07) is 11.9. The van der Waals surface area contributed by atoms with E-state index in [4.69, 9.17) is 4.74 Å². The lowest BCUT2D eigenvalue weighted by Crippen LogP contribution is -2.38. The molecule has 1 amide bonds. The number of pyridine rings is 1. The van der Waals surface area contributed by atoms with Crippen LogP contribution in [0.4, 0.5) is 15.8 Å². The van der Waals surface area contributed by atoms with Crippen LogP contribution in [0.25, 0.3) is 10.9 Å². The van der Waals surface area contributed by atoms with Gasteiger partial charge >= 0.3 is 0 Å². The number of aryl methyl sites for hydroxylation is 1. The Balaban J connectivity index is 1.77. The molecule has 1 aromatic heterocycles. The minimum Gasteiger partial charge on any atom is -0.495 e. The Morgan fingerprint density at radius 2 is 1.90 bits per heavy atom. The maximum atomic E-state index is 14.0. The van der Waals surface area contributed by atoms with Crippen LogP contribution < -0.4 is 10.1 Å². The van der Waals surface area contributed by atoms with Gasteiger partial charge in [0.25, 0.3) is 5.91 Å². The van der Waals surface area contributed by atoms with Crippen LogP contribution in [0.2, 0.25) is 0 Å². The molecule has 0 aliphatic carbocycles. The number of halogens is 1. The fourth-order valence-corrected chi connectivity index (χ4v) is 3.85. The van der Waals surface area contributed by atoms with E-state index in [-0.39, 0.29) is 11.7 Å². The highest BCUT2D eigenvalue weighted by Crippen LogP contribution is 2.33. The number of carbonyl (C=O) groups excluding carboxylic acids is 1. The zero-order valence-electron chi connectivity index (χ0n) is 17.5. The number of ether oxygens (including phenoxy) is 1. The number of likely N-dealkylation sites (tertiary alicyclic amines) is 1. The molecule has 30 heavy (non-hydrogen) atoms. The number of methoxy groups -OCH3 is 1. The summed E-state index contributed by atoms with van der Waals surface area (Å²) in [5.74, 6) is 0.854. The Hall–Kier alpha value is -3.15. The fourth-order valence-electron chi connectivity index (χ4n) is 3.85. The van der Waals surface area contributed by atoms with Crippen LogP contribution in [0, 0.1) is 18.7 Å². The maximum absolute atomic E-state index is 14.0. The zero-order chi connectivity index (χ0) is 21.3. The van der Waals surface area contributed by atoms with Gasteiger partial charge in [0, 0.05) is 18.5 Å². The number of hydrogen-bond donors (Lipinski definition) is 1. The van der Waals surface area contributed by atoms with Crippen molar-refractivity contribution < 1.29 is 13.9 Å². The summed E-state index contributed by atoms with van der Waals surface area (Å²) in [6.45, 7) is 5.67. The Morgan fingerprint density at radius 1 is 1.13 bits per heavy atom. The van der Waals surface area contributed by atoms with Crippen molar-refractivity contribution in [1.82, 2.24) is 9.88 Å². The second kappa shape index (κ2) is 8.30. The molecule has 1 N–H and O–H groups in total. The largest absolute Gasteiger partial charge is 0.495 e. The Kier molecular flexibility index (Phi) is 5.57. The number of piperidine rings is 1. The first-order valence-corrected chi connectivity index (χ1v) is 10.3. The van der Waals surface area contributed by atoms with E-state index < -0.39 is 0 Å². The molecule has 0 spiro atoms. The van der Waals surface area contributed by atoms with Gasteiger partial charge in [-0.3, -0.25) is 4.79 Å². The van der Waals surface area contributed by atoms with E-state index in [1.165, 1.54) is 12.1 Å². The van der Waals surface area contributed by atoms with Crippen molar-refractivity contribution in [2.75, 3.05) is 25.5 Å². The molecule has 0 atom stereocenters. The van der Waals surface area contributed by atoms with Crippen LogP contribution in [0.1, 0.15) is 35.8 Å². The minimum atomic E-state index is -0.354. The zero-order valence-corrected chi connectivity index (χ0v) is 17.5. The van der Waals surface area contributed by atoms with E-state index in [0.29, 0.717) is 34.0 Å². The smallest absolute Gasteiger partial charge is 0.272 e. The summed E-state index contributed by atoms with van der Waals surface area (Å²) in [7, 11) is 1.60. The van der Waals surface area contributed by atoms with Crippen molar-refractivity contribution in [3.05, 3.63) is 59.5 Å². The molecule has 3 aromatic rings. The predicted octanol–water partition coefficient (Wildman–Crippen LogP) is 5.31. The van der Waals surface area contributed by atoms with Crippen molar-refractivity contribution in [3.63, 3.8) is 0 Å². The van der Waals surface area contributed by atoms with Gasteiger partial charge in [-0.2, -0.15) is 0 Å². The van der Waals surface area contributed by atoms with Crippen molar-refractivity contribution in [1.29, 1.82) is 0 Å². The van der Waals surface area contributed by atoms with E-state index >= 15 is 0 Å². The van der Waals surface area contributed by atoms with E-state index in [0.717, 1.165) is 37.2 Å². The lowest BCUT2D eigenvalue weighted by molar-refractivity contribution is 0.0691. The lowest BCUT2D eigenvalue weighted by Gasteiger charge is -2.30. The molecule has 1 aliphatic rings. The van der Waals surface area contributed by atoms with Crippen LogP contribution in [-0.4, -0.2) is 36.0 Å². The molecule has 0 bridgehead atoms. The number of hydrogen-bond acceptors (Lipinski definition) is 4. The second-order valence-corrected chi connectivity index (χ2v) is 8.02.